The molecule has 0 spiro atoms. The number of aromatic carboxylic acids is 1. The lowest BCUT2D eigenvalue weighted by Crippen LogP contribution is -2.18. The first-order valence-electron chi connectivity index (χ1n) is 5.76. The number of rotatable bonds is 4. The van der Waals surface area contributed by atoms with Crippen molar-refractivity contribution >= 4 is 34.6 Å². The van der Waals surface area contributed by atoms with E-state index in [1.54, 1.807) is 6.07 Å². The van der Waals surface area contributed by atoms with Crippen LogP contribution in [0.1, 0.15) is 20.8 Å². The number of anilines is 1. The van der Waals surface area contributed by atoms with Crippen molar-refractivity contribution in [2.45, 2.75) is 13.5 Å². The van der Waals surface area contributed by atoms with E-state index in [9.17, 15) is 9.90 Å². The predicted octanol–water partition coefficient (Wildman–Crippen LogP) is 4.04. The van der Waals surface area contributed by atoms with Crippen molar-refractivity contribution in [3.05, 3.63) is 50.7 Å². The number of carbonyl (C=O) groups is 1. The molecule has 0 unspecified atom stereocenters. The van der Waals surface area contributed by atoms with Crippen LogP contribution in [0.4, 0.5) is 5.69 Å². The summed E-state index contributed by atoms with van der Waals surface area (Å²) in [4.78, 5) is 14.3. The minimum absolute atomic E-state index is 0.324. The first-order valence-corrected chi connectivity index (χ1v) is 6.96. The predicted molar refractivity (Wildman–Crippen MR) is 79.6 cm³/mol. The fourth-order valence-corrected chi connectivity index (χ4v) is 3.05. The maximum atomic E-state index is 11.3. The van der Waals surface area contributed by atoms with Crippen LogP contribution in [0.15, 0.2) is 30.3 Å². The molecule has 5 heteroatoms. The van der Waals surface area contributed by atoms with E-state index in [0.717, 1.165) is 14.8 Å². The Morgan fingerprint density at radius 3 is 2.68 bits per heavy atom. The first-order chi connectivity index (χ1) is 8.97. The van der Waals surface area contributed by atoms with Crippen LogP contribution in [0.25, 0.3) is 0 Å². The zero-order valence-electron chi connectivity index (χ0n) is 10.7. The van der Waals surface area contributed by atoms with Gasteiger partial charge in [-0.1, -0.05) is 23.2 Å². The Morgan fingerprint density at radius 1 is 1.37 bits per heavy atom. The number of nitrogens with zero attached hydrogens (tertiary/aromatic N) is 1. The molecule has 0 saturated carbocycles. The van der Waals surface area contributed by atoms with Crippen LogP contribution in [-0.4, -0.2) is 18.1 Å². The number of hydrogen-bond acceptors (Lipinski definition) is 3. The summed E-state index contributed by atoms with van der Waals surface area (Å²) in [6.07, 6.45) is 0. The van der Waals surface area contributed by atoms with E-state index in [4.69, 9.17) is 11.6 Å². The van der Waals surface area contributed by atoms with Gasteiger partial charge in [-0.05, 0) is 31.2 Å². The Balaban J connectivity index is 2.28. The molecule has 1 heterocycles. The van der Waals surface area contributed by atoms with Crippen molar-refractivity contribution in [1.29, 1.82) is 0 Å². The van der Waals surface area contributed by atoms with Gasteiger partial charge < -0.3 is 10.0 Å². The maximum Gasteiger partial charge on any atom is 0.337 e. The minimum atomic E-state index is -0.908. The third-order valence-corrected chi connectivity index (χ3v) is 4.03. The molecule has 0 atom stereocenters. The number of halogens is 1. The number of hydrogen-bond donors (Lipinski definition) is 1. The van der Waals surface area contributed by atoms with Crippen LogP contribution < -0.4 is 4.90 Å². The third kappa shape index (κ3) is 3.28. The number of thiophene rings is 1. The molecule has 0 saturated heterocycles. The third-order valence-electron chi connectivity index (χ3n) is 2.82. The van der Waals surface area contributed by atoms with Crippen LogP contribution in [0.3, 0.4) is 0 Å². The standard InChI is InChI=1S/C14H14ClNO2S/c1-9-3-5-12(11(7-9)14(17)18)16(2)8-10-4-6-13(15)19-10/h3-7H,8H2,1-2H3,(H,17,18). The molecule has 0 radical (unpaired) electrons. The van der Waals surface area contributed by atoms with E-state index < -0.39 is 5.97 Å². The molecule has 0 aliphatic rings. The Bertz CT molecular complexity index is 609. The topological polar surface area (TPSA) is 40.5 Å². The second-order valence-corrected chi connectivity index (χ2v) is 6.19. The largest absolute Gasteiger partial charge is 0.478 e. The highest BCUT2D eigenvalue weighted by molar-refractivity contribution is 7.16. The van der Waals surface area contributed by atoms with Gasteiger partial charge in [0.1, 0.15) is 0 Å². The molecular formula is C14H14ClNO2S. The first kappa shape index (κ1) is 13.9. The van der Waals surface area contributed by atoms with Gasteiger partial charge in [0.2, 0.25) is 0 Å². The summed E-state index contributed by atoms with van der Waals surface area (Å²) >= 11 is 7.40. The summed E-state index contributed by atoms with van der Waals surface area (Å²) in [6, 6.07) is 9.25. The summed E-state index contributed by atoms with van der Waals surface area (Å²) in [6.45, 7) is 2.52. The summed E-state index contributed by atoms with van der Waals surface area (Å²) < 4.78 is 0.741. The second-order valence-electron chi connectivity index (χ2n) is 4.39. The Labute approximate surface area is 121 Å². The average Bonchev–Trinajstić information content (AvgIpc) is 2.74. The van der Waals surface area contributed by atoms with Crippen LogP contribution in [0.5, 0.6) is 0 Å². The van der Waals surface area contributed by atoms with E-state index in [2.05, 4.69) is 0 Å². The SMILES string of the molecule is Cc1ccc(N(C)Cc2ccc(Cl)s2)c(C(=O)O)c1. The molecule has 0 aliphatic heterocycles. The smallest absolute Gasteiger partial charge is 0.337 e. The van der Waals surface area contributed by atoms with Gasteiger partial charge in [0.05, 0.1) is 22.1 Å². The highest BCUT2D eigenvalue weighted by Crippen LogP contribution is 2.26. The van der Waals surface area contributed by atoms with Gasteiger partial charge in [0.15, 0.2) is 0 Å². The molecule has 0 aliphatic carbocycles. The number of carboxylic acids is 1. The van der Waals surface area contributed by atoms with Gasteiger partial charge in [0, 0.05) is 11.9 Å². The lowest BCUT2D eigenvalue weighted by molar-refractivity contribution is 0.0697. The summed E-state index contributed by atoms with van der Waals surface area (Å²) in [7, 11) is 1.88. The zero-order chi connectivity index (χ0) is 14.0. The summed E-state index contributed by atoms with van der Waals surface area (Å²) in [5, 5.41) is 9.26. The molecule has 2 rings (SSSR count). The monoisotopic (exact) mass is 295 g/mol. The lowest BCUT2D eigenvalue weighted by atomic mass is 10.1. The van der Waals surface area contributed by atoms with Gasteiger partial charge in [0.25, 0.3) is 0 Å². The van der Waals surface area contributed by atoms with E-state index in [0.29, 0.717) is 17.8 Å². The molecule has 0 amide bonds. The number of carboxylic acid groups (broad SMARTS) is 1. The van der Waals surface area contributed by atoms with Crippen LogP contribution in [-0.2, 0) is 6.54 Å². The van der Waals surface area contributed by atoms with E-state index >= 15 is 0 Å². The van der Waals surface area contributed by atoms with Gasteiger partial charge in [-0.3, -0.25) is 0 Å². The van der Waals surface area contributed by atoms with Crippen molar-refractivity contribution in [2.24, 2.45) is 0 Å². The highest BCUT2D eigenvalue weighted by atomic mass is 35.5. The van der Waals surface area contributed by atoms with Gasteiger partial charge in [-0.25, -0.2) is 4.79 Å². The molecule has 19 heavy (non-hydrogen) atoms. The molecule has 0 bridgehead atoms. The summed E-state index contributed by atoms with van der Waals surface area (Å²) in [5.41, 5.74) is 1.97. The Morgan fingerprint density at radius 2 is 2.11 bits per heavy atom. The molecule has 1 aromatic carbocycles. The molecule has 2 aromatic rings. The van der Waals surface area contributed by atoms with Crippen molar-refractivity contribution in [2.75, 3.05) is 11.9 Å². The van der Waals surface area contributed by atoms with Crippen molar-refractivity contribution in [3.63, 3.8) is 0 Å². The van der Waals surface area contributed by atoms with Crippen molar-refractivity contribution in [1.82, 2.24) is 0 Å². The fourth-order valence-electron chi connectivity index (χ4n) is 1.91. The number of benzene rings is 1. The van der Waals surface area contributed by atoms with Gasteiger partial charge in [-0.2, -0.15) is 0 Å². The van der Waals surface area contributed by atoms with E-state index in [1.807, 2.05) is 43.1 Å². The van der Waals surface area contributed by atoms with Crippen molar-refractivity contribution in [3.8, 4) is 0 Å². The molecule has 1 aromatic heterocycles. The molecular weight excluding hydrogens is 282 g/mol. The summed E-state index contributed by atoms with van der Waals surface area (Å²) in [5.74, 6) is -0.908. The maximum absolute atomic E-state index is 11.3. The van der Waals surface area contributed by atoms with E-state index in [-0.39, 0.29) is 0 Å². The van der Waals surface area contributed by atoms with Crippen LogP contribution in [0.2, 0.25) is 4.34 Å². The fraction of sp³-hybridized carbons (Fsp3) is 0.214. The molecule has 100 valence electrons. The molecule has 0 fully saturated rings. The van der Waals surface area contributed by atoms with E-state index in [1.165, 1.54) is 11.3 Å². The number of aryl methyl sites for hydroxylation is 1. The highest BCUT2D eigenvalue weighted by Gasteiger charge is 2.14. The van der Waals surface area contributed by atoms with Gasteiger partial charge in [-0.15, -0.1) is 11.3 Å². The quantitative estimate of drug-likeness (QED) is 0.925. The molecule has 1 N–H and O–H groups in total. The van der Waals surface area contributed by atoms with Gasteiger partial charge >= 0.3 is 5.97 Å². The normalized spacial score (nSPS) is 10.5. The zero-order valence-corrected chi connectivity index (χ0v) is 12.3. The van der Waals surface area contributed by atoms with Crippen LogP contribution in [0, 0.1) is 6.92 Å². The van der Waals surface area contributed by atoms with Crippen LogP contribution >= 0.6 is 22.9 Å². The Kier molecular flexibility index (Phi) is 4.12. The van der Waals surface area contributed by atoms with Crippen molar-refractivity contribution < 1.29 is 9.90 Å². The average molecular weight is 296 g/mol. The molecule has 3 nitrogen and oxygen atoms in total. The minimum Gasteiger partial charge on any atom is -0.478 e. The Hall–Kier alpha value is -1.52. The second kappa shape index (κ2) is 5.63. The lowest BCUT2D eigenvalue weighted by Gasteiger charge is -2.20.